The van der Waals surface area contributed by atoms with Gasteiger partial charge in [0.1, 0.15) is 24.1 Å². The lowest BCUT2D eigenvalue weighted by Gasteiger charge is -2.07. The number of nitrogens with two attached hydrogens (primary N) is 1. The van der Waals surface area contributed by atoms with Crippen LogP contribution in [0.3, 0.4) is 0 Å². The number of aromatic nitrogens is 2. The van der Waals surface area contributed by atoms with E-state index in [1.807, 2.05) is 36.4 Å². The van der Waals surface area contributed by atoms with E-state index in [0.717, 1.165) is 53.5 Å². The molecule has 2 heterocycles. The largest absolute Gasteiger partial charge is 0.494 e. The zero-order valence-electron chi connectivity index (χ0n) is 15.6. The van der Waals surface area contributed by atoms with Gasteiger partial charge in [0.25, 0.3) is 0 Å². The zero-order chi connectivity index (χ0) is 19.6. The highest BCUT2D eigenvalue weighted by molar-refractivity contribution is 5.89. The quantitative estimate of drug-likeness (QED) is 0.414. The van der Waals surface area contributed by atoms with Crippen LogP contribution in [0, 0.1) is 0 Å². The van der Waals surface area contributed by atoms with E-state index in [1.54, 1.807) is 12.3 Å². The van der Waals surface area contributed by atoms with Gasteiger partial charge in [-0.05, 0) is 61.9 Å². The Morgan fingerprint density at radius 3 is 2.86 bits per heavy atom. The van der Waals surface area contributed by atoms with Crippen molar-refractivity contribution in [3.63, 3.8) is 0 Å². The van der Waals surface area contributed by atoms with E-state index in [2.05, 4.69) is 9.97 Å². The average molecular weight is 377 g/mol. The summed E-state index contributed by atoms with van der Waals surface area (Å²) < 4.78 is 11.3. The van der Waals surface area contributed by atoms with Gasteiger partial charge < -0.3 is 19.7 Å². The smallest absolute Gasteiger partial charge is 0.133 e. The van der Waals surface area contributed by atoms with E-state index < -0.39 is 0 Å². The summed E-state index contributed by atoms with van der Waals surface area (Å²) in [4.78, 5) is 19.0. The second-order valence-electron chi connectivity index (χ2n) is 6.23. The Morgan fingerprint density at radius 1 is 1.07 bits per heavy atom. The summed E-state index contributed by atoms with van der Waals surface area (Å²) >= 11 is 0. The number of carbonyl (C=O) groups excluding carboxylic acids is 1. The first-order chi connectivity index (χ1) is 13.8. The Labute approximate surface area is 163 Å². The van der Waals surface area contributed by atoms with Crippen LogP contribution in [0.4, 0.5) is 0 Å². The van der Waals surface area contributed by atoms with E-state index >= 15 is 0 Å². The minimum Gasteiger partial charge on any atom is -0.494 e. The molecule has 144 valence electrons. The van der Waals surface area contributed by atoms with E-state index in [-0.39, 0.29) is 0 Å². The molecule has 3 aromatic rings. The van der Waals surface area contributed by atoms with Gasteiger partial charge in [0.2, 0.25) is 0 Å². The molecular weight excluding hydrogens is 354 g/mol. The third-order valence-electron chi connectivity index (χ3n) is 4.27. The third kappa shape index (κ3) is 5.07. The van der Waals surface area contributed by atoms with E-state index in [1.165, 1.54) is 12.5 Å². The van der Waals surface area contributed by atoms with Crippen molar-refractivity contribution in [3.8, 4) is 5.75 Å². The summed E-state index contributed by atoms with van der Waals surface area (Å²) in [6.45, 7) is 0.623. The maximum Gasteiger partial charge on any atom is 0.133 e. The number of fused-ring (bicyclic) bond motifs is 1. The van der Waals surface area contributed by atoms with Crippen molar-refractivity contribution >= 4 is 35.4 Å². The maximum absolute atomic E-state index is 10.3. The van der Waals surface area contributed by atoms with Crippen LogP contribution >= 0.6 is 0 Å². The molecule has 0 fully saturated rings. The number of ether oxygens (including phenoxy) is 1. The second-order valence-corrected chi connectivity index (χ2v) is 6.23. The highest BCUT2D eigenvalue weighted by atomic mass is 16.5. The first-order valence-electron chi connectivity index (χ1n) is 9.27. The maximum atomic E-state index is 10.3. The van der Waals surface area contributed by atoms with Crippen LogP contribution in [0.25, 0.3) is 29.1 Å². The highest BCUT2D eigenvalue weighted by Crippen LogP contribution is 2.23. The molecule has 6 nitrogen and oxygen atoms in total. The number of benzene rings is 1. The number of hydrogen-bond acceptors (Lipinski definition) is 6. The average Bonchev–Trinajstić information content (AvgIpc) is 3.16. The van der Waals surface area contributed by atoms with Crippen LogP contribution in [0.2, 0.25) is 0 Å². The molecule has 6 heteroatoms. The molecule has 0 aliphatic carbocycles. The van der Waals surface area contributed by atoms with Gasteiger partial charge in [0.15, 0.2) is 0 Å². The van der Waals surface area contributed by atoms with Crippen LogP contribution in [0.1, 0.15) is 42.7 Å². The summed E-state index contributed by atoms with van der Waals surface area (Å²) in [5.41, 5.74) is 7.97. The van der Waals surface area contributed by atoms with Gasteiger partial charge in [-0.3, -0.25) is 0 Å². The minimum absolute atomic E-state index is 0.616. The van der Waals surface area contributed by atoms with Gasteiger partial charge >= 0.3 is 0 Å². The topological polar surface area (TPSA) is 91.2 Å². The normalized spacial score (nSPS) is 11.6. The predicted molar refractivity (Wildman–Crippen MR) is 110 cm³/mol. The lowest BCUT2D eigenvalue weighted by Crippen LogP contribution is -1.98. The number of furan rings is 1. The van der Waals surface area contributed by atoms with Crippen molar-refractivity contribution in [3.05, 3.63) is 60.1 Å². The van der Waals surface area contributed by atoms with Crippen LogP contribution in [0.5, 0.6) is 5.75 Å². The van der Waals surface area contributed by atoms with E-state index in [9.17, 15) is 4.79 Å². The molecule has 0 amide bonds. The molecule has 0 radical (unpaired) electrons. The molecule has 2 aromatic heterocycles. The Balaban J connectivity index is 1.70. The van der Waals surface area contributed by atoms with Crippen molar-refractivity contribution in [2.75, 3.05) is 6.61 Å². The molecule has 3 rings (SSSR count). The second kappa shape index (κ2) is 10.1. The van der Waals surface area contributed by atoms with Gasteiger partial charge in [-0.15, -0.1) is 0 Å². The van der Waals surface area contributed by atoms with Crippen LogP contribution < -0.4 is 10.5 Å². The standard InChI is InChI=1S/C22H23N3O3/c23-11-9-17-10-14-28-22(17)8-7-20-19-6-5-18(15-21(19)25-16-24-20)27-13-4-2-1-3-12-26/h5-12,14-16H,1-4,13,23H2/b8-7-,11-9+. The Hall–Kier alpha value is -3.41. The number of carbonyl (C=O) groups is 1. The monoisotopic (exact) mass is 377 g/mol. The molecule has 0 saturated carbocycles. The molecule has 0 saturated heterocycles. The zero-order valence-corrected chi connectivity index (χ0v) is 15.6. The van der Waals surface area contributed by atoms with Gasteiger partial charge in [0, 0.05) is 23.4 Å². The first kappa shape index (κ1) is 19.4. The summed E-state index contributed by atoms with van der Waals surface area (Å²) in [5.74, 6) is 1.49. The molecule has 0 spiro atoms. The molecule has 0 aliphatic heterocycles. The molecule has 2 N–H and O–H groups in total. The van der Waals surface area contributed by atoms with Gasteiger partial charge in [-0.2, -0.15) is 0 Å². The van der Waals surface area contributed by atoms with Crippen molar-refractivity contribution in [1.82, 2.24) is 9.97 Å². The van der Waals surface area contributed by atoms with E-state index in [4.69, 9.17) is 14.9 Å². The van der Waals surface area contributed by atoms with E-state index in [0.29, 0.717) is 18.8 Å². The lowest BCUT2D eigenvalue weighted by molar-refractivity contribution is -0.107. The fraction of sp³-hybridized carbons (Fsp3) is 0.227. The summed E-state index contributed by atoms with van der Waals surface area (Å²) in [6, 6.07) is 7.64. The van der Waals surface area contributed by atoms with Crippen molar-refractivity contribution in [2.45, 2.75) is 25.7 Å². The molecule has 0 atom stereocenters. The Kier molecular flexibility index (Phi) is 6.95. The Bertz CT molecular complexity index is 976. The summed E-state index contributed by atoms with van der Waals surface area (Å²) in [7, 11) is 0. The Morgan fingerprint density at radius 2 is 2.00 bits per heavy atom. The van der Waals surface area contributed by atoms with Crippen molar-refractivity contribution < 1.29 is 13.9 Å². The predicted octanol–water partition coefficient (Wildman–Crippen LogP) is 4.46. The first-order valence-corrected chi connectivity index (χ1v) is 9.27. The van der Waals surface area contributed by atoms with Crippen LogP contribution in [-0.4, -0.2) is 22.9 Å². The fourth-order valence-electron chi connectivity index (χ4n) is 2.84. The number of rotatable bonds is 10. The molecule has 0 unspecified atom stereocenters. The van der Waals surface area contributed by atoms with Gasteiger partial charge in [0.05, 0.1) is 24.1 Å². The SMILES string of the molecule is N/C=C/c1ccoc1/C=C\c1ncnc2cc(OCCCCCC=O)ccc12. The van der Waals surface area contributed by atoms with Crippen LogP contribution in [-0.2, 0) is 4.79 Å². The lowest BCUT2D eigenvalue weighted by atomic mass is 10.1. The van der Waals surface area contributed by atoms with Gasteiger partial charge in [-0.1, -0.05) is 0 Å². The fourth-order valence-corrected chi connectivity index (χ4v) is 2.84. The molecular formula is C22H23N3O3. The highest BCUT2D eigenvalue weighted by Gasteiger charge is 2.05. The number of hydrogen-bond donors (Lipinski definition) is 1. The van der Waals surface area contributed by atoms with Crippen molar-refractivity contribution in [2.24, 2.45) is 5.73 Å². The number of aldehydes is 1. The summed E-state index contributed by atoms with van der Waals surface area (Å²) in [5, 5.41) is 0.930. The minimum atomic E-state index is 0.616. The third-order valence-corrected chi connectivity index (χ3v) is 4.27. The van der Waals surface area contributed by atoms with Crippen LogP contribution in [0.15, 0.2) is 47.5 Å². The number of nitrogens with zero attached hydrogens (tertiary/aromatic N) is 2. The van der Waals surface area contributed by atoms with Crippen molar-refractivity contribution in [1.29, 1.82) is 0 Å². The summed E-state index contributed by atoms with van der Waals surface area (Å²) in [6.07, 6.45) is 14.6. The molecule has 0 bridgehead atoms. The molecule has 0 aliphatic rings. The molecule has 28 heavy (non-hydrogen) atoms. The number of unbranched alkanes of at least 4 members (excludes halogenated alkanes) is 3. The molecule has 1 aromatic carbocycles. The van der Waals surface area contributed by atoms with Gasteiger partial charge in [-0.25, -0.2) is 9.97 Å².